The Morgan fingerprint density at radius 1 is 2.00 bits per heavy atom. The van der Waals surface area contributed by atoms with Gasteiger partial charge in [0.15, 0.2) is 0 Å². The van der Waals surface area contributed by atoms with Gasteiger partial charge in [0.1, 0.15) is 0 Å². The molecule has 0 bridgehead atoms. The summed E-state index contributed by atoms with van der Waals surface area (Å²) in [6.45, 7) is 1.53. The maximum atomic E-state index is 9.17. The first-order valence-electron chi connectivity index (χ1n) is 1.39. The molecule has 4 heteroatoms. The van der Waals surface area contributed by atoms with E-state index in [-0.39, 0.29) is 42.5 Å². The van der Waals surface area contributed by atoms with Gasteiger partial charge in [-0.2, -0.15) is 0 Å². The van der Waals surface area contributed by atoms with Crippen molar-refractivity contribution in [3.8, 4) is 0 Å². The summed E-state index contributed by atoms with van der Waals surface area (Å²) in [6.07, 6.45) is 0. The molecule has 32 valence electrons. The summed E-state index contributed by atoms with van der Waals surface area (Å²) in [7, 11) is 0. The second kappa shape index (κ2) is 5.40. The average molecular weight is 99.1 g/mol. The van der Waals surface area contributed by atoms with Crippen molar-refractivity contribution in [2.45, 2.75) is 6.92 Å². The summed E-state index contributed by atoms with van der Waals surface area (Å²) in [5, 5.41) is 9.17. The van der Waals surface area contributed by atoms with Crippen molar-refractivity contribution in [1.82, 2.24) is 0 Å². The van der Waals surface area contributed by atoms with Crippen LogP contribution in [0.2, 0.25) is 0 Å². The Hall–Kier alpha value is 0.400. The maximum absolute atomic E-state index is 9.17. The summed E-state index contributed by atoms with van der Waals surface area (Å²) >= 11 is 0. The molecule has 0 heterocycles. The minimum Gasteiger partial charge on any atom is -1.00 e. The van der Waals surface area contributed by atoms with Crippen molar-refractivity contribution in [3.63, 3.8) is 0 Å². The molecule has 0 fully saturated rings. The molecule has 0 aliphatic heterocycles. The first-order valence-corrected chi connectivity index (χ1v) is 1.39. The van der Waals surface area contributed by atoms with Crippen molar-refractivity contribution in [2.75, 3.05) is 6.54 Å². The van der Waals surface area contributed by atoms with Crippen LogP contribution in [0.5, 0.6) is 0 Å². The van der Waals surface area contributed by atoms with E-state index in [2.05, 4.69) is 0 Å². The molecule has 0 unspecified atom stereocenters. The molecule has 0 saturated heterocycles. The van der Waals surface area contributed by atoms with Gasteiger partial charge in [-0.25, -0.2) is 0 Å². The summed E-state index contributed by atoms with van der Waals surface area (Å²) in [5.41, 5.74) is 0. The zero-order chi connectivity index (χ0) is 4.28. The molecule has 6 heavy (non-hydrogen) atoms. The van der Waals surface area contributed by atoms with Gasteiger partial charge in [0.05, 0.1) is 0 Å². The van der Waals surface area contributed by atoms with Gasteiger partial charge < -0.3 is 1.43 Å². The molecule has 0 aromatic rings. The molecule has 0 rings (SSSR count). The van der Waals surface area contributed by atoms with E-state index in [1.54, 1.807) is 0 Å². The zero-order valence-electron chi connectivity index (χ0n) is 4.97. The molecule has 0 N–H and O–H groups in total. The molecular formula is C2H6NNaO2. The van der Waals surface area contributed by atoms with Crippen LogP contribution < -0.4 is 29.6 Å². The normalized spacial score (nSPS) is 6.17. The van der Waals surface area contributed by atoms with Gasteiger partial charge in [0.25, 0.3) is 0 Å². The van der Waals surface area contributed by atoms with E-state index in [0.717, 1.165) is 0 Å². The van der Waals surface area contributed by atoms with E-state index < -0.39 is 0 Å². The fourth-order valence-electron chi connectivity index (χ4n) is 0. The Bertz CT molecular complexity index is 51.0. The van der Waals surface area contributed by atoms with E-state index >= 15 is 0 Å². The van der Waals surface area contributed by atoms with E-state index in [1.165, 1.54) is 6.92 Å². The quantitative estimate of drug-likeness (QED) is 0.205. The van der Waals surface area contributed by atoms with E-state index in [4.69, 9.17) is 0 Å². The molecule has 3 nitrogen and oxygen atoms in total. The average Bonchev–Trinajstić information content (AvgIpc) is 1.38. The second-order valence-electron chi connectivity index (χ2n) is 0.649. The van der Waals surface area contributed by atoms with Gasteiger partial charge in [0, 0.05) is 11.8 Å². The van der Waals surface area contributed by atoms with Gasteiger partial charge in [-0.3, -0.25) is 10.1 Å². The molecule has 0 aliphatic carbocycles. The molecule has 0 amide bonds. The SMILES string of the molecule is CC[N+](=O)[O-].[H-].[Na+]. The Morgan fingerprint density at radius 2 is 2.17 bits per heavy atom. The number of hydrogen-bond acceptors (Lipinski definition) is 2. The number of rotatable bonds is 1. The summed E-state index contributed by atoms with van der Waals surface area (Å²) in [5.74, 6) is 0. The first kappa shape index (κ1) is 9.64. The van der Waals surface area contributed by atoms with Crippen LogP contribution in [-0.2, 0) is 0 Å². The smallest absolute Gasteiger partial charge is 1.00 e. The monoisotopic (exact) mass is 99.0 g/mol. The summed E-state index contributed by atoms with van der Waals surface area (Å²) in [6, 6.07) is 0. The first-order chi connectivity index (χ1) is 2.27. The summed E-state index contributed by atoms with van der Waals surface area (Å²) < 4.78 is 0. The predicted molar refractivity (Wildman–Crippen MR) is 18.6 cm³/mol. The van der Waals surface area contributed by atoms with Crippen LogP contribution in [-0.4, -0.2) is 11.5 Å². The molecule has 0 radical (unpaired) electrons. The second-order valence-corrected chi connectivity index (χ2v) is 0.649. The van der Waals surface area contributed by atoms with Crippen LogP contribution in [0.3, 0.4) is 0 Å². The zero-order valence-corrected chi connectivity index (χ0v) is 5.97. The number of nitrogens with zero attached hydrogens (tertiary/aromatic N) is 1. The number of nitro groups is 1. The number of hydrogen-bond donors (Lipinski definition) is 0. The minimum absolute atomic E-state index is 0. The van der Waals surface area contributed by atoms with Crippen LogP contribution >= 0.6 is 0 Å². The molecule has 0 saturated carbocycles. The van der Waals surface area contributed by atoms with Crippen molar-refractivity contribution < 1.29 is 35.9 Å². The van der Waals surface area contributed by atoms with Crippen LogP contribution in [0.1, 0.15) is 8.35 Å². The largest absolute Gasteiger partial charge is 1.00 e. The molecule has 0 aliphatic rings. The van der Waals surface area contributed by atoms with Crippen molar-refractivity contribution in [2.24, 2.45) is 0 Å². The summed E-state index contributed by atoms with van der Waals surface area (Å²) in [4.78, 5) is 8.80. The van der Waals surface area contributed by atoms with Crippen LogP contribution in [0.4, 0.5) is 0 Å². The molecule has 0 aromatic carbocycles. The van der Waals surface area contributed by atoms with E-state index in [9.17, 15) is 10.1 Å². The van der Waals surface area contributed by atoms with Gasteiger partial charge in [0.2, 0.25) is 6.54 Å². The minimum atomic E-state index is -0.375. The maximum Gasteiger partial charge on any atom is 1.00 e. The van der Waals surface area contributed by atoms with Crippen LogP contribution in [0.15, 0.2) is 0 Å². The van der Waals surface area contributed by atoms with Crippen LogP contribution in [0.25, 0.3) is 0 Å². The van der Waals surface area contributed by atoms with Gasteiger partial charge in [-0.15, -0.1) is 0 Å². The third-order valence-electron chi connectivity index (χ3n) is 0.258. The fourth-order valence-corrected chi connectivity index (χ4v) is 0. The van der Waals surface area contributed by atoms with Gasteiger partial charge in [-0.05, 0) is 0 Å². The molecular weight excluding hydrogens is 93.0 g/mol. The molecule has 0 spiro atoms. The van der Waals surface area contributed by atoms with Crippen molar-refractivity contribution in [3.05, 3.63) is 10.1 Å². The van der Waals surface area contributed by atoms with Crippen LogP contribution in [0, 0.1) is 10.1 Å². The topological polar surface area (TPSA) is 43.1 Å². The predicted octanol–water partition coefficient (Wildman–Crippen LogP) is -2.60. The molecule has 0 aromatic heterocycles. The Balaban J connectivity index is -0.0000000800. The molecule has 0 atom stereocenters. The standard InChI is InChI=1S/C2H5NO2.Na.H/c1-2-3(4)5;;/h2H2,1H3;;/q;+1;-1. The Kier molecular flexibility index (Phi) is 8.68. The third-order valence-corrected chi connectivity index (χ3v) is 0.258. The Morgan fingerprint density at radius 3 is 2.17 bits per heavy atom. The van der Waals surface area contributed by atoms with E-state index in [1.807, 2.05) is 0 Å². The van der Waals surface area contributed by atoms with Crippen molar-refractivity contribution in [1.29, 1.82) is 0 Å². The fraction of sp³-hybridized carbons (Fsp3) is 1.00. The van der Waals surface area contributed by atoms with Crippen molar-refractivity contribution >= 4 is 0 Å². The Labute approximate surface area is 59.7 Å². The van der Waals surface area contributed by atoms with Gasteiger partial charge in [-0.1, -0.05) is 0 Å². The van der Waals surface area contributed by atoms with Gasteiger partial charge >= 0.3 is 29.6 Å². The third kappa shape index (κ3) is 8.83. The van der Waals surface area contributed by atoms with E-state index in [0.29, 0.717) is 0 Å².